The van der Waals surface area contributed by atoms with Gasteiger partial charge in [0.2, 0.25) is 0 Å². The molecule has 0 radical (unpaired) electrons. The van der Waals surface area contributed by atoms with E-state index in [0.29, 0.717) is 5.56 Å². The van der Waals surface area contributed by atoms with Crippen LogP contribution in [-0.2, 0) is 0 Å². The SMILES string of the molecule is CCCCCCCCCCOc1ccc(C(O)O)cc1. The summed E-state index contributed by atoms with van der Waals surface area (Å²) in [6.45, 7) is 2.97. The van der Waals surface area contributed by atoms with Gasteiger partial charge in [0.1, 0.15) is 5.75 Å². The Balaban J connectivity index is 2.01. The minimum atomic E-state index is -1.41. The highest BCUT2D eigenvalue weighted by atomic mass is 16.5. The van der Waals surface area contributed by atoms with E-state index >= 15 is 0 Å². The van der Waals surface area contributed by atoms with Crippen LogP contribution in [0.2, 0.25) is 0 Å². The van der Waals surface area contributed by atoms with E-state index in [4.69, 9.17) is 14.9 Å². The number of aliphatic hydroxyl groups excluding tert-OH is 1. The number of hydrogen-bond donors (Lipinski definition) is 2. The van der Waals surface area contributed by atoms with Crippen LogP contribution in [0.3, 0.4) is 0 Å². The van der Waals surface area contributed by atoms with Crippen LogP contribution in [0.5, 0.6) is 5.75 Å². The number of rotatable bonds is 11. The summed E-state index contributed by atoms with van der Waals surface area (Å²) < 4.78 is 5.62. The lowest BCUT2D eigenvalue weighted by Gasteiger charge is -2.08. The number of aliphatic hydroxyl groups is 2. The standard InChI is InChI=1S/C17H28O3/c1-2-3-4-5-6-7-8-9-14-20-16-12-10-15(11-13-16)17(18)19/h10-13,17-19H,2-9,14H2,1H3. The van der Waals surface area contributed by atoms with Gasteiger partial charge in [-0.3, -0.25) is 0 Å². The van der Waals surface area contributed by atoms with E-state index in [1.165, 1.54) is 44.9 Å². The van der Waals surface area contributed by atoms with Crippen molar-refractivity contribution in [2.75, 3.05) is 6.61 Å². The summed E-state index contributed by atoms with van der Waals surface area (Å²) >= 11 is 0. The van der Waals surface area contributed by atoms with Gasteiger partial charge in [0.15, 0.2) is 6.29 Å². The van der Waals surface area contributed by atoms with E-state index in [1.807, 2.05) is 0 Å². The molecule has 3 nitrogen and oxygen atoms in total. The fraction of sp³-hybridized carbons (Fsp3) is 0.647. The van der Waals surface area contributed by atoms with E-state index in [2.05, 4.69) is 6.92 Å². The average molecular weight is 280 g/mol. The highest BCUT2D eigenvalue weighted by Crippen LogP contribution is 2.16. The number of hydrogen-bond acceptors (Lipinski definition) is 3. The third-order valence-corrected chi connectivity index (χ3v) is 3.44. The lowest BCUT2D eigenvalue weighted by molar-refractivity contribution is -0.0425. The predicted molar refractivity (Wildman–Crippen MR) is 81.7 cm³/mol. The van der Waals surface area contributed by atoms with Gasteiger partial charge in [-0.2, -0.15) is 0 Å². The van der Waals surface area contributed by atoms with Crippen molar-refractivity contribution in [3.63, 3.8) is 0 Å². The van der Waals surface area contributed by atoms with Crippen LogP contribution < -0.4 is 4.74 Å². The van der Waals surface area contributed by atoms with Crippen LogP contribution in [0.1, 0.15) is 70.1 Å². The molecule has 20 heavy (non-hydrogen) atoms. The maximum Gasteiger partial charge on any atom is 0.178 e. The molecule has 0 bridgehead atoms. The zero-order valence-electron chi connectivity index (χ0n) is 12.6. The summed E-state index contributed by atoms with van der Waals surface area (Å²) in [5.41, 5.74) is 0.490. The molecule has 1 rings (SSSR count). The summed E-state index contributed by atoms with van der Waals surface area (Å²) in [6.07, 6.45) is 8.93. The lowest BCUT2D eigenvalue weighted by atomic mass is 10.1. The number of benzene rings is 1. The molecular formula is C17H28O3. The van der Waals surface area contributed by atoms with Crippen LogP contribution >= 0.6 is 0 Å². The van der Waals surface area contributed by atoms with Gasteiger partial charge in [0.25, 0.3) is 0 Å². The molecule has 0 aliphatic carbocycles. The Bertz CT molecular complexity index is 333. The number of unbranched alkanes of at least 4 members (excludes halogenated alkanes) is 7. The summed E-state index contributed by atoms with van der Waals surface area (Å²) in [6, 6.07) is 6.90. The van der Waals surface area contributed by atoms with Crippen LogP contribution in [0.15, 0.2) is 24.3 Å². The van der Waals surface area contributed by atoms with Gasteiger partial charge in [-0.25, -0.2) is 0 Å². The van der Waals surface area contributed by atoms with Gasteiger partial charge in [0.05, 0.1) is 6.61 Å². The molecule has 114 valence electrons. The van der Waals surface area contributed by atoms with Crippen LogP contribution in [0.25, 0.3) is 0 Å². The van der Waals surface area contributed by atoms with Gasteiger partial charge in [-0.15, -0.1) is 0 Å². The molecule has 0 amide bonds. The van der Waals surface area contributed by atoms with E-state index in [1.54, 1.807) is 24.3 Å². The molecule has 0 fully saturated rings. The first-order chi connectivity index (χ1) is 9.74. The Morgan fingerprint density at radius 1 is 0.850 bits per heavy atom. The van der Waals surface area contributed by atoms with Crippen molar-refractivity contribution in [3.05, 3.63) is 29.8 Å². The summed E-state index contributed by atoms with van der Waals surface area (Å²) in [4.78, 5) is 0. The zero-order chi connectivity index (χ0) is 14.6. The minimum Gasteiger partial charge on any atom is -0.494 e. The average Bonchev–Trinajstić information content (AvgIpc) is 2.46. The molecule has 0 aromatic heterocycles. The Kier molecular flexibility index (Phi) is 9.09. The maximum atomic E-state index is 8.98. The van der Waals surface area contributed by atoms with Gasteiger partial charge >= 0.3 is 0 Å². The van der Waals surface area contributed by atoms with Crippen molar-refractivity contribution < 1.29 is 14.9 Å². The van der Waals surface area contributed by atoms with Crippen molar-refractivity contribution in [2.45, 2.75) is 64.6 Å². The van der Waals surface area contributed by atoms with Crippen molar-refractivity contribution in [1.29, 1.82) is 0 Å². The Hall–Kier alpha value is -1.06. The molecule has 0 aliphatic rings. The quantitative estimate of drug-likeness (QED) is 0.472. The molecule has 0 aliphatic heterocycles. The first-order valence-corrected chi connectivity index (χ1v) is 7.83. The maximum absolute atomic E-state index is 8.98. The molecule has 0 spiro atoms. The fourth-order valence-corrected chi connectivity index (χ4v) is 2.16. The molecule has 0 saturated heterocycles. The fourth-order valence-electron chi connectivity index (χ4n) is 2.16. The van der Waals surface area contributed by atoms with Crippen molar-refractivity contribution >= 4 is 0 Å². The molecule has 1 aromatic carbocycles. The summed E-state index contributed by atoms with van der Waals surface area (Å²) in [5, 5.41) is 18.0. The topological polar surface area (TPSA) is 49.7 Å². The van der Waals surface area contributed by atoms with Crippen molar-refractivity contribution in [3.8, 4) is 5.75 Å². The van der Waals surface area contributed by atoms with E-state index in [-0.39, 0.29) is 0 Å². The third kappa shape index (κ3) is 7.51. The van der Waals surface area contributed by atoms with E-state index in [9.17, 15) is 0 Å². The Morgan fingerprint density at radius 3 is 1.95 bits per heavy atom. The molecule has 1 aromatic rings. The Morgan fingerprint density at radius 2 is 1.40 bits per heavy atom. The van der Waals surface area contributed by atoms with Gasteiger partial charge in [-0.05, 0) is 18.6 Å². The third-order valence-electron chi connectivity index (χ3n) is 3.44. The smallest absolute Gasteiger partial charge is 0.178 e. The predicted octanol–water partition coefficient (Wildman–Crippen LogP) is 4.19. The summed E-state index contributed by atoms with van der Waals surface area (Å²) in [5.74, 6) is 0.789. The van der Waals surface area contributed by atoms with E-state index < -0.39 is 6.29 Å². The second-order valence-corrected chi connectivity index (χ2v) is 5.27. The molecule has 0 atom stereocenters. The second-order valence-electron chi connectivity index (χ2n) is 5.27. The monoisotopic (exact) mass is 280 g/mol. The second kappa shape index (κ2) is 10.7. The highest BCUT2D eigenvalue weighted by molar-refractivity contribution is 5.27. The molecule has 0 heterocycles. The van der Waals surface area contributed by atoms with Crippen LogP contribution in [0.4, 0.5) is 0 Å². The Labute approximate surface area is 122 Å². The van der Waals surface area contributed by atoms with Crippen LogP contribution in [0, 0.1) is 0 Å². The highest BCUT2D eigenvalue weighted by Gasteiger charge is 2.01. The molecule has 0 saturated carbocycles. The lowest BCUT2D eigenvalue weighted by Crippen LogP contribution is -1.98. The molecule has 0 unspecified atom stereocenters. The molecule has 2 N–H and O–H groups in total. The van der Waals surface area contributed by atoms with Crippen LogP contribution in [-0.4, -0.2) is 16.8 Å². The normalized spacial score (nSPS) is 11.0. The van der Waals surface area contributed by atoms with Gasteiger partial charge < -0.3 is 14.9 Å². The largest absolute Gasteiger partial charge is 0.494 e. The first-order valence-electron chi connectivity index (χ1n) is 7.83. The summed E-state index contributed by atoms with van der Waals surface area (Å²) in [7, 11) is 0. The first kappa shape index (κ1) is 17.0. The number of ether oxygens (including phenoxy) is 1. The minimum absolute atomic E-state index is 0.490. The van der Waals surface area contributed by atoms with Crippen molar-refractivity contribution in [1.82, 2.24) is 0 Å². The zero-order valence-corrected chi connectivity index (χ0v) is 12.6. The molecule has 3 heteroatoms. The van der Waals surface area contributed by atoms with Gasteiger partial charge in [0, 0.05) is 5.56 Å². The van der Waals surface area contributed by atoms with Gasteiger partial charge in [-0.1, -0.05) is 64.0 Å². The molecular weight excluding hydrogens is 252 g/mol. The van der Waals surface area contributed by atoms with Crippen molar-refractivity contribution in [2.24, 2.45) is 0 Å². The van der Waals surface area contributed by atoms with E-state index in [0.717, 1.165) is 18.8 Å².